The molecule has 0 N–H and O–H groups in total. The van der Waals surface area contributed by atoms with E-state index in [9.17, 15) is 9.59 Å². The summed E-state index contributed by atoms with van der Waals surface area (Å²) in [6, 6.07) is 13.4. The zero-order valence-electron chi connectivity index (χ0n) is 15.9. The van der Waals surface area contributed by atoms with E-state index in [1.165, 1.54) is 12.0 Å². The quantitative estimate of drug-likeness (QED) is 0.653. The molecule has 1 amide bonds. The van der Waals surface area contributed by atoms with Crippen LogP contribution in [0.2, 0.25) is 0 Å². The van der Waals surface area contributed by atoms with Crippen LogP contribution in [0.5, 0.6) is 0 Å². The van der Waals surface area contributed by atoms with E-state index in [0.29, 0.717) is 23.0 Å². The van der Waals surface area contributed by atoms with E-state index < -0.39 is 0 Å². The summed E-state index contributed by atoms with van der Waals surface area (Å²) in [5.74, 6) is 0.828. The molecule has 0 atom stereocenters. The molecule has 28 heavy (non-hydrogen) atoms. The van der Waals surface area contributed by atoms with E-state index in [1.807, 2.05) is 27.7 Å². The predicted molar refractivity (Wildman–Crippen MR) is 110 cm³/mol. The van der Waals surface area contributed by atoms with Gasteiger partial charge in [0.25, 0.3) is 11.5 Å². The number of aryl methyl sites for hydroxylation is 1. The highest BCUT2D eigenvalue weighted by atomic mass is 16.2. The van der Waals surface area contributed by atoms with Gasteiger partial charge in [-0.25, -0.2) is 4.98 Å². The Morgan fingerprint density at radius 2 is 1.79 bits per heavy atom. The number of para-hydroxylation sites is 1. The summed E-state index contributed by atoms with van der Waals surface area (Å²) in [7, 11) is 0. The highest BCUT2D eigenvalue weighted by Crippen LogP contribution is 2.29. The number of hydrogen-bond donors (Lipinski definition) is 0. The van der Waals surface area contributed by atoms with Crippen LogP contribution in [0.25, 0.3) is 10.9 Å². The number of nitrogens with zero attached hydrogens (tertiary/aromatic N) is 3. The highest BCUT2D eigenvalue weighted by Gasteiger charge is 2.25. The maximum atomic E-state index is 13.1. The molecule has 5 rings (SSSR count). The predicted octanol–water partition coefficient (Wildman–Crippen LogP) is 3.72. The normalized spacial score (nSPS) is 16.4. The van der Waals surface area contributed by atoms with Gasteiger partial charge >= 0.3 is 0 Å². The van der Waals surface area contributed by atoms with Crippen molar-refractivity contribution in [1.29, 1.82) is 0 Å². The molecule has 0 bridgehead atoms. The number of fused-ring (bicyclic) bond motifs is 3. The molecule has 3 aromatic rings. The fourth-order valence-electron chi connectivity index (χ4n) is 4.43. The molecule has 0 aliphatic carbocycles. The summed E-state index contributed by atoms with van der Waals surface area (Å²) < 4.78 is 1.83. The molecule has 0 fully saturated rings. The van der Waals surface area contributed by atoms with Crippen molar-refractivity contribution >= 4 is 22.5 Å². The highest BCUT2D eigenvalue weighted by molar-refractivity contribution is 6.08. The molecule has 2 aromatic carbocycles. The van der Waals surface area contributed by atoms with Gasteiger partial charge in [-0.3, -0.25) is 14.2 Å². The lowest BCUT2D eigenvalue weighted by atomic mass is 10.1. The van der Waals surface area contributed by atoms with E-state index in [0.717, 1.165) is 50.2 Å². The lowest BCUT2D eigenvalue weighted by Gasteiger charge is -2.18. The smallest absolute Gasteiger partial charge is 0.261 e. The van der Waals surface area contributed by atoms with E-state index in [1.54, 1.807) is 18.2 Å². The monoisotopic (exact) mass is 373 g/mol. The molecule has 0 spiro atoms. The van der Waals surface area contributed by atoms with Crippen molar-refractivity contribution in [2.75, 3.05) is 11.4 Å². The van der Waals surface area contributed by atoms with E-state index in [-0.39, 0.29) is 11.5 Å². The zero-order valence-corrected chi connectivity index (χ0v) is 15.9. The first kappa shape index (κ1) is 17.2. The third-order valence-corrected chi connectivity index (χ3v) is 5.95. The minimum absolute atomic E-state index is 0.0208. The Kier molecular flexibility index (Phi) is 4.23. The second-order valence-electron chi connectivity index (χ2n) is 7.72. The van der Waals surface area contributed by atoms with Gasteiger partial charge in [-0.05, 0) is 49.1 Å². The number of anilines is 1. The third kappa shape index (κ3) is 2.82. The Bertz CT molecular complexity index is 1130. The minimum Gasteiger partial charge on any atom is -0.308 e. The van der Waals surface area contributed by atoms with Gasteiger partial charge in [0.1, 0.15) is 5.82 Å². The zero-order chi connectivity index (χ0) is 19.1. The topological polar surface area (TPSA) is 55.2 Å². The number of aromatic nitrogens is 2. The van der Waals surface area contributed by atoms with Crippen LogP contribution in [0.1, 0.15) is 47.4 Å². The molecule has 5 heteroatoms. The van der Waals surface area contributed by atoms with Crippen molar-refractivity contribution in [2.24, 2.45) is 0 Å². The van der Waals surface area contributed by atoms with Gasteiger partial charge in [-0.1, -0.05) is 31.0 Å². The van der Waals surface area contributed by atoms with Crippen LogP contribution in [0.3, 0.4) is 0 Å². The lowest BCUT2D eigenvalue weighted by Crippen LogP contribution is -2.29. The van der Waals surface area contributed by atoms with Gasteiger partial charge in [0.2, 0.25) is 0 Å². The lowest BCUT2D eigenvalue weighted by molar-refractivity contribution is 0.0989. The standard InChI is InChI=1S/C23H23N3O2/c27-22(25-14-12-16-7-4-5-8-20(16)25)17-10-11-18-19(15-17)24-21-9-3-1-2-6-13-26(21)23(18)28/h4-5,7-8,10-11,15H,1-3,6,9,12-14H2. The van der Waals surface area contributed by atoms with Gasteiger partial charge in [0.15, 0.2) is 0 Å². The van der Waals surface area contributed by atoms with Crippen LogP contribution < -0.4 is 10.5 Å². The third-order valence-electron chi connectivity index (χ3n) is 5.95. The SMILES string of the molecule is O=C(c1ccc2c(=O)n3c(nc2c1)CCCCCC3)N1CCc2ccccc21. The number of carbonyl (C=O) groups excluding carboxylic acids is 1. The average molecular weight is 373 g/mol. The van der Waals surface area contributed by atoms with Crippen LogP contribution in [-0.2, 0) is 19.4 Å². The number of hydrogen-bond acceptors (Lipinski definition) is 3. The summed E-state index contributed by atoms with van der Waals surface area (Å²) in [5.41, 5.74) is 3.43. The number of benzene rings is 2. The first-order valence-corrected chi connectivity index (χ1v) is 10.2. The van der Waals surface area contributed by atoms with Crippen molar-refractivity contribution in [1.82, 2.24) is 9.55 Å². The van der Waals surface area contributed by atoms with Gasteiger partial charge in [-0.15, -0.1) is 0 Å². The van der Waals surface area contributed by atoms with Crippen LogP contribution in [-0.4, -0.2) is 22.0 Å². The molecular weight excluding hydrogens is 350 g/mol. The second kappa shape index (κ2) is 6.89. The molecule has 0 radical (unpaired) electrons. The minimum atomic E-state index is -0.0273. The van der Waals surface area contributed by atoms with Crippen molar-refractivity contribution in [2.45, 2.75) is 45.1 Å². The summed E-state index contributed by atoms with van der Waals surface area (Å²) in [6.07, 6.45) is 6.12. The maximum absolute atomic E-state index is 13.1. The van der Waals surface area contributed by atoms with Crippen LogP contribution in [0.15, 0.2) is 47.3 Å². The first-order chi connectivity index (χ1) is 13.7. The fourth-order valence-corrected chi connectivity index (χ4v) is 4.43. The van der Waals surface area contributed by atoms with E-state index in [4.69, 9.17) is 4.98 Å². The Morgan fingerprint density at radius 3 is 2.71 bits per heavy atom. The molecular formula is C23H23N3O2. The van der Waals surface area contributed by atoms with Crippen LogP contribution >= 0.6 is 0 Å². The summed E-state index contributed by atoms with van der Waals surface area (Å²) in [4.78, 5) is 32.7. The van der Waals surface area contributed by atoms with Crippen molar-refractivity contribution in [3.63, 3.8) is 0 Å². The average Bonchev–Trinajstić information content (AvgIpc) is 3.13. The molecule has 2 aliphatic rings. The van der Waals surface area contributed by atoms with E-state index >= 15 is 0 Å². The van der Waals surface area contributed by atoms with Crippen LogP contribution in [0.4, 0.5) is 5.69 Å². The number of rotatable bonds is 1. The molecule has 5 nitrogen and oxygen atoms in total. The van der Waals surface area contributed by atoms with Crippen molar-refractivity contribution in [3.8, 4) is 0 Å². The summed E-state index contributed by atoms with van der Waals surface area (Å²) >= 11 is 0. The molecule has 1 aromatic heterocycles. The fraction of sp³-hybridized carbons (Fsp3) is 0.348. The van der Waals surface area contributed by atoms with Gasteiger partial charge in [0, 0.05) is 30.8 Å². The number of carbonyl (C=O) groups is 1. The molecule has 0 saturated heterocycles. The Labute approximate surface area is 163 Å². The first-order valence-electron chi connectivity index (χ1n) is 10.2. The molecule has 0 saturated carbocycles. The Balaban J connectivity index is 1.56. The molecule has 0 unspecified atom stereocenters. The second-order valence-corrected chi connectivity index (χ2v) is 7.72. The van der Waals surface area contributed by atoms with Gasteiger partial charge < -0.3 is 4.90 Å². The molecule has 2 aliphatic heterocycles. The number of amides is 1. The van der Waals surface area contributed by atoms with Crippen molar-refractivity contribution in [3.05, 3.63) is 69.8 Å². The van der Waals surface area contributed by atoms with Crippen molar-refractivity contribution < 1.29 is 4.79 Å². The van der Waals surface area contributed by atoms with E-state index in [2.05, 4.69) is 6.07 Å². The molecule has 3 heterocycles. The maximum Gasteiger partial charge on any atom is 0.261 e. The Hall–Kier alpha value is -2.95. The van der Waals surface area contributed by atoms with Gasteiger partial charge in [0.05, 0.1) is 10.9 Å². The Morgan fingerprint density at radius 1 is 0.929 bits per heavy atom. The summed E-state index contributed by atoms with van der Waals surface area (Å²) in [5, 5.41) is 0.600. The van der Waals surface area contributed by atoms with Gasteiger partial charge in [-0.2, -0.15) is 0 Å². The molecule has 142 valence electrons. The summed E-state index contributed by atoms with van der Waals surface area (Å²) in [6.45, 7) is 1.43. The largest absolute Gasteiger partial charge is 0.308 e. The van der Waals surface area contributed by atoms with Crippen LogP contribution in [0, 0.1) is 0 Å².